The minimum Gasteiger partial charge on any atom is -0.311 e. The first-order valence-electron chi connectivity index (χ1n) is 5.64. The maximum Gasteiger partial charge on any atom is 0.144 e. The molecule has 2 heterocycles. The van der Waals surface area contributed by atoms with Crippen LogP contribution in [0.5, 0.6) is 0 Å². The van der Waals surface area contributed by atoms with Crippen LogP contribution in [0.1, 0.15) is 11.3 Å². The topological polar surface area (TPSA) is 48.7 Å². The summed E-state index contributed by atoms with van der Waals surface area (Å²) in [6.45, 7) is 1.75. The molecule has 1 aliphatic rings. The number of aromatic nitrogens is 1. The first-order chi connectivity index (χ1) is 8.40. The summed E-state index contributed by atoms with van der Waals surface area (Å²) in [7, 11) is 0. The van der Waals surface area contributed by atoms with Gasteiger partial charge in [-0.1, -0.05) is 6.07 Å². The minimum atomic E-state index is 0.533. The molecule has 1 aromatic rings. The van der Waals surface area contributed by atoms with Gasteiger partial charge < -0.3 is 5.32 Å². The highest BCUT2D eigenvalue weighted by atomic mass is 32.2. The van der Waals surface area contributed by atoms with Crippen molar-refractivity contribution < 1.29 is 0 Å². The van der Waals surface area contributed by atoms with E-state index in [0.717, 1.165) is 18.7 Å². The summed E-state index contributed by atoms with van der Waals surface area (Å²) in [5.74, 6) is 3.77. The predicted octanol–water partition coefficient (Wildman–Crippen LogP) is 1.89. The van der Waals surface area contributed by atoms with E-state index in [2.05, 4.69) is 16.4 Å². The van der Waals surface area contributed by atoms with Crippen molar-refractivity contribution >= 4 is 23.5 Å². The summed E-state index contributed by atoms with van der Waals surface area (Å²) in [4.78, 5) is 4.05. The molecule has 90 valence electrons. The molecule has 2 rings (SSSR count). The van der Waals surface area contributed by atoms with Gasteiger partial charge in [0, 0.05) is 47.4 Å². The van der Waals surface area contributed by atoms with Crippen LogP contribution in [0.3, 0.4) is 0 Å². The van der Waals surface area contributed by atoms with Crippen molar-refractivity contribution in [3.8, 4) is 6.07 Å². The molecule has 0 bridgehead atoms. The van der Waals surface area contributed by atoms with Crippen molar-refractivity contribution in [2.45, 2.75) is 11.8 Å². The fraction of sp³-hybridized carbons (Fsp3) is 0.500. The van der Waals surface area contributed by atoms with Gasteiger partial charge in [-0.05, 0) is 6.07 Å². The van der Waals surface area contributed by atoms with Crippen LogP contribution in [0.2, 0.25) is 0 Å². The molecule has 17 heavy (non-hydrogen) atoms. The van der Waals surface area contributed by atoms with E-state index in [9.17, 15) is 0 Å². The molecule has 1 aromatic heterocycles. The summed E-state index contributed by atoms with van der Waals surface area (Å²) < 4.78 is 0. The molecule has 0 aromatic carbocycles. The third kappa shape index (κ3) is 3.91. The first kappa shape index (κ1) is 12.7. The van der Waals surface area contributed by atoms with E-state index in [1.165, 1.54) is 17.3 Å². The highest BCUT2D eigenvalue weighted by Crippen LogP contribution is 2.23. The molecule has 1 saturated heterocycles. The molecule has 1 fully saturated rings. The Balaban J connectivity index is 1.79. The lowest BCUT2D eigenvalue weighted by Crippen LogP contribution is -2.28. The number of thioether (sulfide) groups is 2. The summed E-state index contributed by atoms with van der Waals surface area (Å²) >= 11 is 4.08. The third-order valence-electron chi connectivity index (χ3n) is 2.57. The van der Waals surface area contributed by atoms with Crippen molar-refractivity contribution in [3.05, 3.63) is 29.6 Å². The maximum atomic E-state index is 8.92. The van der Waals surface area contributed by atoms with Gasteiger partial charge >= 0.3 is 0 Å². The highest BCUT2D eigenvalue weighted by molar-refractivity contribution is 8.06. The molecule has 0 saturated carbocycles. The van der Waals surface area contributed by atoms with Gasteiger partial charge in [-0.2, -0.15) is 28.8 Å². The lowest BCUT2D eigenvalue weighted by atomic mass is 10.2. The lowest BCUT2D eigenvalue weighted by Gasteiger charge is -2.21. The molecule has 1 unspecified atom stereocenters. The lowest BCUT2D eigenvalue weighted by molar-refractivity contribution is 0.683. The zero-order chi connectivity index (χ0) is 11.9. The molecule has 1 atom stereocenters. The molecular formula is C12H15N3S2. The maximum absolute atomic E-state index is 8.92. The van der Waals surface area contributed by atoms with E-state index in [4.69, 9.17) is 5.26 Å². The Labute approximate surface area is 110 Å². The number of pyridine rings is 1. The van der Waals surface area contributed by atoms with Gasteiger partial charge in [0.05, 0.1) is 0 Å². The van der Waals surface area contributed by atoms with Crippen molar-refractivity contribution in [2.24, 2.45) is 0 Å². The molecule has 0 aliphatic carbocycles. The third-order valence-corrected chi connectivity index (χ3v) is 5.41. The van der Waals surface area contributed by atoms with Gasteiger partial charge in [-0.3, -0.25) is 0 Å². The van der Waals surface area contributed by atoms with Crippen molar-refractivity contribution in [3.63, 3.8) is 0 Å². The number of rotatable bonds is 4. The Hall–Kier alpha value is -0.700. The predicted molar refractivity (Wildman–Crippen MR) is 74.2 cm³/mol. The number of nitriles is 1. The van der Waals surface area contributed by atoms with Crippen LogP contribution in [0.15, 0.2) is 18.3 Å². The van der Waals surface area contributed by atoms with E-state index >= 15 is 0 Å². The normalized spacial score (nSPS) is 19.8. The van der Waals surface area contributed by atoms with Crippen LogP contribution in [-0.2, 0) is 6.54 Å². The molecule has 0 radical (unpaired) electrons. The first-order valence-corrected chi connectivity index (χ1v) is 7.84. The Kier molecular flexibility index (Phi) is 5.17. The molecule has 0 amide bonds. The molecule has 1 aliphatic heterocycles. The van der Waals surface area contributed by atoms with Crippen LogP contribution in [0.25, 0.3) is 0 Å². The fourth-order valence-electron chi connectivity index (χ4n) is 1.70. The zero-order valence-electron chi connectivity index (χ0n) is 9.56. The largest absolute Gasteiger partial charge is 0.311 e. The Bertz CT molecular complexity index is 397. The summed E-state index contributed by atoms with van der Waals surface area (Å²) in [6, 6.07) is 5.96. The Morgan fingerprint density at radius 2 is 2.47 bits per heavy atom. The second-order valence-corrected chi connectivity index (χ2v) is 6.38. The van der Waals surface area contributed by atoms with E-state index in [-0.39, 0.29) is 0 Å². The molecule has 5 heteroatoms. The van der Waals surface area contributed by atoms with Crippen molar-refractivity contribution in [1.29, 1.82) is 5.26 Å². The van der Waals surface area contributed by atoms with Gasteiger partial charge in [0.15, 0.2) is 0 Å². The van der Waals surface area contributed by atoms with E-state index in [1.807, 2.05) is 35.7 Å². The van der Waals surface area contributed by atoms with Gasteiger partial charge in [0.2, 0.25) is 0 Å². The molecule has 1 N–H and O–H groups in total. The molecule has 0 spiro atoms. The average molecular weight is 265 g/mol. The summed E-state index contributed by atoms with van der Waals surface area (Å²) in [5.41, 5.74) is 1.52. The standard InChI is InChI=1S/C12H15N3S2/c13-6-12-10(2-1-3-15-12)7-14-8-11-9-16-4-5-17-11/h1-3,11,14H,4-5,7-9H2. The van der Waals surface area contributed by atoms with Crippen molar-refractivity contribution in [1.82, 2.24) is 10.3 Å². The van der Waals surface area contributed by atoms with Gasteiger partial charge in [-0.25, -0.2) is 4.98 Å². The van der Waals surface area contributed by atoms with Gasteiger partial charge in [0.25, 0.3) is 0 Å². The van der Waals surface area contributed by atoms with Crippen LogP contribution < -0.4 is 5.32 Å². The fourth-order valence-corrected chi connectivity index (χ4v) is 4.35. The average Bonchev–Trinajstić information content (AvgIpc) is 2.40. The second kappa shape index (κ2) is 6.90. The smallest absolute Gasteiger partial charge is 0.144 e. The van der Waals surface area contributed by atoms with E-state index < -0.39 is 0 Å². The number of hydrogen-bond acceptors (Lipinski definition) is 5. The summed E-state index contributed by atoms with van der Waals surface area (Å²) in [5, 5.41) is 13.0. The molecular weight excluding hydrogens is 250 g/mol. The summed E-state index contributed by atoms with van der Waals surface area (Å²) in [6.07, 6.45) is 1.66. The molecule has 3 nitrogen and oxygen atoms in total. The van der Waals surface area contributed by atoms with E-state index in [1.54, 1.807) is 6.20 Å². The Morgan fingerprint density at radius 3 is 3.24 bits per heavy atom. The number of nitrogens with one attached hydrogen (secondary N) is 1. The van der Waals surface area contributed by atoms with Crippen LogP contribution in [0.4, 0.5) is 0 Å². The second-order valence-electron chi connectivity index (χ2n) is 3.82. The van der Waals surface area contributed by atoms with Gasteiger partial charge in [0.1, 0.15) is 11.8 Å². The zero-order valence-corrected chi connectivity index (χ0v) is 11.2. The van der Waals surface area contributed by atoms with Crippen LogP contribution in [-0.4, -0.2) is 34.0 Å². The van der Waals surface area contributed by atoms with Crippen LogP contribution >= 0.6 is 23.5 Å². The van der Waals surface area contributed by atoms with E-state index in [0.29, 0.717) is 10.9 Å². The Morgan fingerprint density at radius 1 is 1.53 bits per heavy atom. The van der Waals surface area contributed by atoms with Crippen LogP contribution in [0, 0.1) is 11.3 Å². The number of nitrogens with zero attached hydrogens (tertiary/aromatic N) is 2. The quantitative estimate of drug-likeness (QED) is 0.901. The monoisotopic (exact) mass is 265 g/mol. The highest BCUT2D eigenvalue weighted by Gasteiger charge is 2.13. The minimum absolute atomic E-state index is 0.533. The SMILES string of the molecule is N#Cc1ncccc1CNCC1CSCCS1. The van der Waals surface area contributed by atoms with Gasteiger partial charge in [-0.15, -0.1) is 0 Å². The van der Waals surface area contributed by atoms with Crippen molar-refractivity contribution in [2.75, 3.05) is 23.8 Å². The number of hydrogen-bond donors (Lipinski definition) is 1.